The van der Waals surface area contributed by atoms with E-state index in [2.05, 4.69) is 20.3 Å². The Morgan fingerprint density at radius 3 is 2.74 bits per heavy atom. The van der Waals surface area contributed by atoms with E-state index < -0.39 is 11.1 Å². The number of hydrogen-bond donors (Lipinski definition) is 2. The monoisotopic (exact) mass is 463 g/mol. The molecule has 0 amide bonds. The molecule has 2 aliphatic rings. The van der Waals surface area contributed by atoms with Gasteiger partial charge in [0.2, 0.25) is 5.88 Å². The molecule has 0 spiro atoms. The normalized spacial score (nSPS) is 18.7. The first-order valence-corrected chi connectivity index (χ1v) is 11.4. The van der Waals surface area contributed by atoms with Crippen molar-refractivity contribution in [1.29, 1.82) is 0 Å². The van der Waals surface area contributed by atoms with Crippen LogP contribution in [0.4, 0.5) is 11.6 Å². The van der Waals surface area contributed by atoms with Crippen molar-refractivity contribution in [3.8, 4) is 5.88 Å². The fourth-order valence-electron chi connectivity index (χ4n) is 4.22. The van der Waals surface area contributed by atoms with Gasteiger partial charge in [-0.2, -0.15) is 0 Å². The van der Waals surface area contributed by atoms with Crippen LogP contribution in [0.15, 0.2) is 30.6 Å². The van der Waals surface area contributed by atoms with E-state index in [0.717, 1.165) is 29.2 Å². The second-order valence-corrected chi connectivity index (χ2v) is 9.90. The van der Waals surface area contributed by atoms with Crippen LogP contribution in [0.1, 0.15) is 55.2 Å². The van der Waals surface area contributed by atoms with Gasteiger partial charge in [-0.3, -0.25) is 0 Å². The zero-order valence-corrected chi connectivity index (χ0v) is 19.8. The third-order valence-corrected chi connectivity index (χ3v) is 6.01. The van der Waals surface area contributed by atoms with Crippen LogP contribution in [0.3, 0.4) is 0 Å². The summed E-state index contributed by atoms with van der Waals surface area (Å²) < 4.78 is 16.8. The van der Waals surface area contributed by atoms with Crippen LogP contribution in [0.5, 0.6) is 5.88 Å². The molecular formula is C25H29N5O4. The van der Waals surface area contributed by atoms with E-state index in [1.165, 1.54) is 0 Å². The number of carbonyl (C=O) groups is 1. The molecule has 0 saturated heterocycles. The van der Waals surface area contributed by atoms with Gasteiger partial charge < -0.3 is 25.3 Å². The van der Waals surface area contributed by atoms with Crippen LogP contribution < -0.4 is 15.8 Å². The highest BCUT2D eigenvalue weighted by Crippen LogP contribution is 2.36. The number of cyclic esters (lactones) is 1. The molecule has 1 aliphatic heterocycles. The zero-order valence-electron chi connectivity index (χ0n) is 19.8. The number of anilines is 2. The van der Waals surface area contributed by atoms with Gasteiger partial charge in [0, 0.05) is 31.5 Å². The van der Waals surface area contributed by atoms with Gasteiger partial charge in [0.25, 0.3) is 0 Å². The van der Waals surface area contributed by atoms with E-state index in [9.17, 15) is 4.79 Å². The summed E-state index contributed by atoms with van der Waals surface area (Å²) in [5.74, 6) is 1.39. The second kappa shape index (κ2) is 8.18. The summed E-state index contributed by atoms with van der Waals surface area (Å²) in [4.78, 5) is 26.1. The van der Waals surface area contributed by atoms with E-state index in [0.29, 0.717) is 41.8 Å². The number of fused-ring (bicyclic) bond motifs is 2. The number of rotatable bonds is 7. The number of pyridine rings is 3. The van der Waals surface area contributed by atoms with E-state index in [1.54, 1.807) is 31.6 Å². The lowest BCUT2D eigenvalue weighted by atomic mass is 9.91. The molecule has 0 bridgehead atoms. The molecule has 0 radical (unpaired) electrons. The van der Waals surface area contributed by atoms with Gasteiger partial charge in [-0.15, -0.1) is 0 Å². The minimum atomic E-state index is -0.757. The van der Waals surface area contributed by atoms with Crippen molar-refractivity contribution in [2.75, 3.05) is 19.0 Å². The van der Waals surface area contributed by atoms with Gasteiger partial charge in [0.05, 0.1) is 28.8 Å². The van der Waals surface area contributed by atoms with Crippen molar-refractivity contribution in [3.63, 3.8) is 0 Å². The predicted octanol–water partition coefficient (Wildman–Crippen LogP) is 3.62. The van der Waals surface area contributed by atoms with Gasteiger partial charge in [0.1, 0.15) is 23.3 Å². The Bertz CT molecular complexity index is 1270. The molecule has 9 nitrogen and oxygen atoms in total. The summed E-state index contributed by atoms with van der Waals surface area (Å²) in [6.45, 7) is 5.99. The number of esters is 1. The Labute approximate surface area is 198 Å². The number of nitrogens with two attached hydrogens (primary N) is 1. The smallest absolute Gasteiger partial charge is 0.340 e. The molecule has 3 N–H and O–H groups in total. The maximum Gasteiger partial charge on any atom is 0.340 e. The Hall–Kier alpha value is -3.30. The van der Waals surface area contributed by atoms with Crippen molar-refractivity contribution in [3.05, 3.63) is 47.4 Å². The fourth-order valence-corrected chi connectivity index (χ4v) is 4.22. The number of carbonyl (C=O) groups excluding carboxylic acids is 1. The van der Waals surface area contributed by atoms with Crippen LogP contribution in [-0.2, 0) is 21.4 Å². The van der Waals surface area contributed by atoms with E-state index in [-0.39, 0.29) is 12.1 Å². The molecule has 1 unspecified atom stereocenters. The first-order chi connectivity index (χ1) is 16.1. The van der Waals surface area contributed by atoms with Crippen LogP contribution in [0.25, 0.3) is 10.8 Å². The summed E-state index contributed by atoms with van der Waals surface area (Å²) in [6, 6.07) is 5.40. The Morgan fingerprint density at radius 1 is 1.21 bits per heavy atom. The number of ether oxygens (including phenoxy) is 3. The summed E-state index contributed by atoms with van der Waals surface area (Å²) in [6.07, 6.45) is 6.31. The molecule has 1 atom stereocenters. The van der Waals surface area contributed by atoms with Crippen molar-refractivity contribution in [1.82, 2.24) is 15.0 Å². The number of nitrogens with zero attached hydrogens (tertiary/aromatic N) is 3. The number of hydrogen-bond acceptors (Lipinski definition) is 9. The van der Waals surface area contributed by atoms with Gasteiger partial charge in [-0.1, -0.05) is 0 Å². The van der Waals surface area contributed by atoms with Gasteiger partial charge in [0.15, 0.2) is 0 Å². The molecule has 5 rings (SSSR count). The Morgan fingerprint density at radius 2 is 2.00 bits per heavy atom. The van der Waals surface area contributed by atoms with E-state index in [1.807, 2.05) is 26.8 Å². The van der Waals surface area contributed by atoms with Crippen molar-refractivity contribution < 1.29 is 19.0 Å². The first kappa shape index (κ1) is 22.5. The summed E-state index contributed by atoms with van der Waals surface area (Å²) >= 11 is 0. The third-order valence-electron chi connectivity index (χ3n) is 6.01. The lowest BCUT2D eigenvalue weighted by Crippen LogP contribution is -2.38. The number of nitrogens with one attached hydrogen (secondary N) is 1. The lowest BCUT2D eigenvalue weighted by Gasteiger charge is -2.30. The molecule has 1 aliphatic carbocycles. The van der Waals surface area contributed by atoms with Crippen molar-refractivity contribution in [2.45, 2.75) is 57.3 Å². The minimum absolute atomic E-state index is 0.207. The first-order valence-electron chi connectivity index (χ1n) is 11.4. The third kappa shape index (κ3) is 4.41. The molecular weight excluding hydrogens is 434 g/mol. The summed E-state index contributed by atoms with van der Waals surface area (Å²) in [7, 11) is 1.62. The molecule has 1 fully saturated rings. The van der Waals surface area contributed by atoms with E-state index in [4.69, 9.17) is 19.9 Å². The highest BCUT2D eigenvalue weighted by atomic mass is 16.6. The SMILES string of the molecule is COCC(C)(N)c1cnc(OC2CC2)c2cnc(Nc3ccc4c(n3)CC(C)(C)OC4=O)cc12. The maximum absolute atomic E-state index is 12.3. The second-order valence-electron chi connectivity index (χ2n) is 9.90. The molecule has 4 heterocycles. The molecule has 1 saturated carbocycles. The molecule has 3 aromatic rings. The van der Waals surface area contributed by atoms with E-state index >= 15 is 0 Å². The standard InChI is InChI=1S/C25H29N5O4/c1-24(2)10-19-15(23(31)34-24)7-8-20(29-19)30-21-9-16-17(11-27-21)22(33-14-5-6-14)28-12-18(16)25(3,26)13-32-4/h7-9,11-12,14H,5-6,10,13,26H2,1-4H3,(H,27,29,30). The van der Waals surface area contributed by atoms with Crippen molar-refractivity contribution >= 4 is 28.4 Å². The molecule has 3 aromatic heterocycles. The number of aromatic nitrogens is 3. The Balaban J connectivity index is 1.52. The number of methoxy groups -OCH3 is 1. The molecule has 178 valence electrons. The fraction of sp³-hybridized carbons (Fsp3) is 0.440. The predicted molar refractivity (Wildman–Crippen MR) is 127 cm³/mol. The molecule has 0 aromatic carbocycles. The van der Waals surface area contributed by atoms with Gasteiger partial charge in [-0.25, -0.2) is 19.7 Å². The topological polar surface area (TPSA) is 121 Å². The molecule has 9 heteroatoms. The zero-order chi connectivity index (χ0) is 24.1. The average molecular weight is 464 g/mol. The maximum atomic E-state index is 12.3. The minimum Gasteiger partial charge on any atom is -0.474 e. The summed E-state index contributed by atoms with van der Waals surface area (Å²) in [5.41, 5.74) is 7.27. The Kier molecular flexibility index (Phi) is 5.41. The highest BCUT2D eigenvalue weighted by molar-refractivity contribution is 5.93. The van der Waals surface area contributed by atoms with Crippen LogP contribution in [0, 0.1) is 0 Å². The lowest BCUT2D eigenvalue weighted by molar-refractivity contribution is -0.00714. The molecule has 34 heavy (non-hydrogen) atoms. The van der Waals surface area contributed by atoms with Crippen LogP contribution >= 0.6 is 0 Å². The van der Waals surface area contributed by atoms with Crippen molar-refractivity contribution in [2.24, 2.45) is 5.73 Å². The van der Waals surface area contributed by atoms with Gasteiger partial charge in [-0.05, 0) is 57.2 Å². The quantitative estimate of drug-likeness (QED) is 0.506. The average Bonchev–Trinajstić information content (AvgIpc) is 3.56. The van der Waals surface area contributed by atoms with Gasteiger partial charge >= 0.3 is 5.97 Å². The highest BCUT2D eigenvalue weighted by Gasteiger charge is 2.33. The largest absolute Gasteiger partial charge is 0.474 e. The van der Waals surface area contributed by atoms with Crippen LogP contribution in [0.2, 0.25) is 0 Å². The van der Waals surface area contributed by atoms with Crippen LogP contribution in [-0.4, -0.2) is 46.3 Å². The summed E-state index contributed by atoms with van der Waals surface area (Å²) in [5, 5.41) is 4.94.